The zero-order chi connectivity index (χ0) is 25.2. The molecule has 3 aliphatic rings. The molecule has 37 heavy (non-hydrogen) atoms. The van der Waals surface area contributed by atoms with Crippen LogP contribution in [0.1, 0.15) is 31.2 Å². The molecule has 1 saturated carbocycles. The fourth-order valence-corrected chi connectivity index (χ4v) is 5.22. The number of rotatable bonds is 5. The summed E-state index contributed by atoms with van der Waals surface area (Å²) in [5.41, 5.74) is 8.16. The van der Waals surface area contributed by atoms with Crippen molar-refractivity contribution in [3.8, 4) is 17.1 Å². The summed E-state index contributed by atoms with van der Waals surface area (Å²) in [5, 5.41) is 4.50. The SMILES string of the molecule is COC1CCC(/N=c2\cc3n(-c4ccc(C)cc4)c4ccccc4nc-3cc2Nc2cccnc2)CC1. The molecule has 3 aromatic rings. The van der Waals surface area contributed by atoms with Gasteiger partial charge >= 0.3 is 0 Å². The molecule has 2 aliphatic carbocycles. The Balaban J connectivity index is 1.57. The number of aryl methyl sites for hydroxylation is 1. The Labute approximate surface area is 217 Å². The van der Waals surface area contributed by atoms with Crippen molar-refractivity contribution in [2.75, 3.05) is 12.4 Å². The van der Waals surface area contributed by atoms with E-state index >= 15 is 0 Å². The molecule has 0 atom stereocenters. The number of nitrogens with one attached hydrogen (secondary N) is 1. The number of benzene rings is 3. The zero-order valence-electron chi connectivity index (χ0n) is 21.3. The smallest absolute Gasteiger partial charge is 0.0900 e. The molecule has 186 valence electrons. The van der Waals surface area contributed by atoms with Crippen molar-refractivity contribution in [2.24, 2.45) is 4.99 Å². The number of fused-ring (bicyclic) bond motifs is 2. The lowest BCUT2D eigenvalue weighted by Gasteiger charge is -2.25. The Kier molecular flexibility index (Phi) is 6.41. The summed E-state index contributed by atoms with van der Waals surface area (Å²) in [6.45, 7) is 2.11. The van der Waals surface area contributed by atoms with E-state index in [0.29, 0.717) is 6.10 Å². The van der Waals surface area contributed by atoms with E-state index in [1.54, 1.807) is 6.20 Å². The number of anilines is 2. The highest BCUT2D eigenvalue weighted by Crippen LogP contribution is 2.31. The molecule has 1 aliphatic heterocycles. The van der Waals surface area contributed by atoms with Crippen LogP contribution >= 0.6 is 0 Å². The maximum absolute atomic E-state index is 5.59. The maximum Gasteiger partial charge on any atom is 0.0900 e. The number of para-hydroxylation sites is 2. The van der Waals surface area contributed by atoms with Gasteiger partial charge < -0.3 is 14.6 Å². The van der Waals surface area contributed by atoms with Gasteiger partial charge in [-0.15, -0.1) is 0 Å². The van der Waals surface area contributed by atoms with Crippen molar-refractivity contribution in [3.63, 3.8) is 0 Å². The zero-order valence-corrected chi connectivity index (χ0v) is 21.3. The largest absolute Gasteiger partial charge is 0.381 e. The lowest BCUT2D eigenvalue weighted by Crippen LogP contribution is -2.25. The van der Waals surface area contributed by atoms with Crippen molar-refractivity contribution >= 4 is 22.4 Å². The minimum absolute atomic E-state index is 0.263. The van der Waals surface area contributed by atoms with Gasteiger partial charge in [-0.1, -0.05) is 29.8 Å². The fraction of sp³-hybridized carbons (Fsp3) is 0.258. The minimum atomic E-state index is 0.263. The molecule has 0 saturated heterocycles. The summed E-state index contributed by atoms with van der Waals surface area (Å²) < 4.78 is 7.89. The van der Waals surface area contributed by atoms with E-state index in [2.05, 4.69) is 76.4 Å². The summed E-state index contributed by atoms with van der Waals surface area (Å²) in [5.74, 6) is 0. The van der Waals surface area contributed by atoms with Crippen LogP contribution in [-0.4, -0.2) is 33.8 Å². The van der Waals surface area contributed by atoms with Gasteiger partial charge in [0.2, 0.25) is 0 Å². The minimum Gasteiger partial charge on any atom is -0.381 e. The molecule has 1 aromatic heterocycles. The summed E-state index contributed by atoms with van der Waals surface area (Å²) in [7, 11) is 1.81. The van der Waals surface area contributed by atoms with Crippen LogP contribution in [-0.2, 0) is 4.74 Å². The maximum atomic E-state index is 5.59. The van der Waals surface area contributed by atoms with E-state index in [0.717, 1.165) is 70.5 Å². The summed E-state index contributed by atoms with van der Waals surface area (Å²) in [6.07, 6.45) is 8.09. The Bertz CT molecular complexity index is 1550. The second kappa shape index (κ2) is 10.1. The number of hydrogen-bond acceptors (Lipinski definition) is 5. The lowest BCUT2D eigenvalue weighted by atomic mass is 9.93. The van der Waals surface area contributed by atoms with E-state index in [-0.39, 0.29) is 6.04 Å². The fourth-order valence-electron chi connectivity index (χ4n) is 5.22. The van der Waals surface area contributed by atoms with Gasteiger partial charge in [-0.2, -0.15) is 0 Å². The molecule has 2 aromatic carbocycles. The molecule has 1 N–H and O–H groups in total. The molecule has 1 fully saturated rings. The second-order valence-electron chi connectivity index (χ2n) is 9.79. The van der Waals surface area contributed by atoms with Crippen LogP contribution in [0, 0.1) is 6.92 Å². The quantitative estimate of drug-likeness (QED) is 0.289. The van der Waals surface area contributed by atoms with E-state index in [9.17, 15) is 0 Å². The Morgan fingerprint density at radius 3 is 2.51 bits per heavy atom. The van der Waals surface area contributed by atoms with Crippen molar-refractivity contribution < 1.29 is 4.74 Å². The van der Waals surface area contributed by atoms with Gasteiger partial charge in [0.1, 0.15) is 0 Å². The number of aromatic nitrogens is 3. The first-order valence-electron chi connectivity index (χ1n) is 12.9. The average Bonchev–Trinajstić information content (AvgIpc) is 2.94. The summed E-state index contributed by atoms with van der Waals surface area (Å²) in [6, 6.07) is 25.5. The third-order valence-electron chi connectivity index (χ3n) is 7.23. The van der Waals surface area contributed by atoms with Crippen LogP contribution in [0.3, 0.4) is 0 Å². The molecule has 0 amide bonds. The highest BCUT2D eigenvalue weighted by atomic mass is 16.5. The number of hydrogen-bond donors (Lipinski definition) is 1. The molecule has 6 heteroatoms. The number of methoxy groups -OCH3 is 1. The van der Waals surface area contributed by atoms with Gasteiger partial charge in [-0.25, -0.2) is 4.98 Å². The molecule has 6 nitrogen and oxygen atoms in total. The van der Waals surface area contributed by atoms with Crippen LogP contribution in [0.15, 0.2) is 90.2 Å². The van der Waals surface area contributed by atoms with Crippen LogP contribution < -0.4 is 10.7 Å². The van der Waals surface area contributed by atoms with Crippen LogP contribution in [0.25, 0.3) is 28.1 Å². The summed E-state index contributed by atoms with van der Waals surface area (Å²) >= 11 is 0. The van der Waals surface area contributed by atoms with Crippen LogP contribution in [0.4, 0.5) is 11.4 Å². The lowest BCUT2D eigenvalue weighted by molar-refractivity contribution is 0.0663. The number of pyridine rings is 1. The highest BCUT2D eigenvalue weighted by molar-refractivity contribution is 5.84. The molecular formula is C31H31N5O. The highest BCUT2D eigenvalue weighted by Gasteiger charge is 2.21. The van der Waals surface area contributed by atoms with Crippen molar-refractivity contribution in [2.45, 2.75) is 44.8 Å². The molecule has 0 radical (unpaired) electrons. The van der Waals surface area contributed by atoms with Crippen molar-refractivity contribution in [3.05, 3.63) is 96.1 Å². The normalized spacial score (nSPS) is 18.4. The molecule has 0 unspecified atom stereocenters. The summed E-state index contributed by atoms with van der Waals surface area (Å²) in [4.78, 5) is 14.6. The predicted molar refractivity (Wildman–Crippen MR) is 149 cm³/mol. The molecule has 6 rings (SSSR count). The number of nitrogens with zero attached hydrogens (tertiary/aromatic N) is 4. The van der Waals surface area contributed by atoms with Gasteiger partial charge in [-0.3, -0.25) is 9.98 Å². The topological polar surface area (TPSA) is 64.3 Å². The Hall–Kier alpha value is -4.03. The molecular weight excluding hydrogens is 458 g/mol. The Morgan fingerprint density at radius 1 is 0.946 bits per heavy atom. The van der Waals surface area contributed by atoms with E-state index in [1.165, 1.54) is 5.56 Å². The van der Waals surface area contributed by atoms with E-state index < -0.39 is 0 Å². The van der Waals surface area contributed by atoms with Crippen LogP contribution in [0.2, 0.25) is 0 Å². The van der Waals surface area contributed by atoms with Crippen LogP contribution in [0.5, 0.6) is 0 Å². The molecule has 2 heterocycles. The third kappa shape index (κ3) is 4.85. The molecule has 0 spiro atoms. The van der Waals surface area contributed by atoms with Gasteiger partial charge in [0.15, 0.2) is 0 Å². The third-order valence-corrected chi connectivity index (χ3v) is 7.23. The predicted octanol–water partition coefficient (Wildman–Crippen LogP) is 6.44. The van der Waals surface area contributed by atoms with Gasteiger partial charge in [0.25, 0.3) is 0 Å². The monoisotopic (exact) mass is 489 g/mol. The van der Waals surface area contributed by atoms with Crippen molar-refractivity contribution in [1.82, 2.24) is 14.5 Å². The van der Waals surface area contributed by atoms with Gasteiger partial charge in [-0.05, 0) is 81.1 Å². The first-order chi connectivity index (χ1) is 18.2. The second-order valence-corrected chi connectivity index (χ2v) is 9.79. The van der Waals surface area contributed by atoms with Gasteiger partial charge in [0, 0.05) is 19.0 Å². The first kappa shape index (κ1) is 23.4. The Morgan fingerprint density at radius 2 is 1.76 bits per heavy atom. The molecule has 0 bridgehead atoms. The van der Waals surface area contributed by atoms with E-state index in [4.69, 9.17) is 14.7 Å². The average molecular weight is 490 g/mol. The van der Waals surface area contributed by atoms with Crippen molar-refractivity contribution in [1.29, 1.82) is 0 Å². The first-order valence-corrected chi connectivity index (χ1v) is 12.9. The van der Waals surface area contributed by atoms with E-state index in [1.807, 2.05) is 31.5 Å². The van der Waals surface area contributed by atoms with Gasteiger partial charge in [0.05, 0.1) is 57.5 Å². The number of ether oxygens (including phenoxy) is 1. The standard InChI is InChI=1S/C31H31N5O/c1-21-9-13-24(14-10-21)36-30-8-4-3-7-26(30)35-29-18-27(34-23-6-5-17-32-20-23)28(19-31(29)36)33-22-11-15-25(37-2)16-12-22/h3-10,13-14,17-20,22,25,34H,11-12,15-16H2,1-2H3/b33-28+.